The molecule has 8 nitrogen and oxygen atoms in total. The highest BCUT2D eigenvalue weighted by atomic mass is 32.1. The fraction of sp³-hybridized carbons (Fsp3) is 0.208. The summed E-state index contributed by atoms with van der Waals surface area (Å²) in [5.74, 6) is -0.543. The minimum atomic E-state index is -0.294. The summed E-state index contributed by atoms with van der Waals surface area (Å²) in [6.07, 6.45) is 3.46. The lowest BCUT2D eigenvalue weighted by Crippen LogP contribution is -2.19. The second-order valence-electron chi connectivity index (χ2n) is 7.85. The fourth-order valence-electron chi connectivity index (χ4n) is 4.03. The quantitative estimate of drug-likeness (QED) is 0.380. The summed E-state index contributed by atoms with van der Waals surface area (Å²) in [7, 11) is 0. The van der Waals surface area contributed by atoms with E-state index in [0.717, 1.165) is 45.7 Å². The van der Waals surface area contributed by atoms with Crippen LogP contribution in [0, 0.1) is 19.7 Å². The van der Waals surface area contributed by atoms with Crippen molar-refractivity contribution in [3.63, 3.8) is 0 Å². The highest BCUT2D eigenvalue weighted by Gasteiger charge is 2.17. The SMILES string of the molecule is CCn1ncc(-c2csc(NC(=O)Cn3nc(C)c4c(-c5ccc(F)cc5)ccnc43)n2)c1C. The summed E-state index contributed by atoms with van der Waals surface area (Å²) in [4.78, 5) is 21.8. The molecule has 1 amide bonds. The maximum Gasteiger partial charge on any atom is 0.247 e. The molecule has 5 aromatic rings. The van der Waals surface area contributed by atoms with Crippen molar-refractivity contribution in [2.45, 2.75) is 33.9 Å². The predicted molar refractivity (Wildman–Crippen MR) is 130 cm³/mol. The van der Waals surface area contributed by atoms with E-state index in [1.165, 1.54) is 23.5 Å². The summed E-state index contributed by atoms with van der Waals surface area (Å²) in [5.41, 5.74) is 5.85. The van der Waals surface area contributed by atoms with Crippen LogP contribution in [0.4, 0.5) is 9.52 Å². The number of amides is 1. The first kappa shape index (κ1) is 21.9. The van der Waals surface area contributed by atoms with E-state index < -0.39 is 0 Å². The Hall–Kier alpha value is -3.92. The van der Waals surface area contributed by atoms with Gasteiger partial charge in [-0.05, 0) is 50.1 Å². The number of nitrogens with zero attached hydrogens (tertiary/aromatic N) is 6. The van der Waals surface area contributed by atoms with Crippen molar-refractivity contribution in [2.24, 2.45) is 0 Å². The van der Waals surface area contributed by atoms with Crippen LogP contribution in [0.5, 0.6) is 0 Å². The number of carbonyl (C=O) groups is 1. The molecule has 10 heteroatoms. The number of nitrogens with one attached hydrogen (secondary N) is 1. The third kappa shape index (κ3) is 3.96. The number of hydrogen-bond acceptors (Lipinski definition) is 6. The van der Waals surface area contributed by atoms with Crippen molar-refractivity contribution < 1.29 is 9.18 Å². The average Bonchev–Trinajstić information content (AvgIpc) is 3.52. The molecule has 0 radical (unpaired) electrons. The molecule has 5 rings (SSSR count). The Bertz CT molecular complexity index is 1500. The number of pyridine rings is 1. The number of fused-ring (bicyclic) bond motifs is 1. The van der Waals surface area contributed by atoms with E-state index in [-0.39, 0.29) is 18.3 Å². The van der Waals surface area contributed by atoms with E-state index in [2.05, 4.69) is 25.5 Å². The molecule has 0 atom stereocenters. The summed E-state index contributed by atoms with van der Waals surface area (Å²) >= 11 is 1.36. The zero-order valence-corrected chi connectivity index (χ0v) is 19.7. The molecule has 0 saturated carbocycles. The third-order valence-corrected chi connectivity index (χ3v) is 6.44. The molecule has 0 aliphatic rings. The van der Waals surface area contributed by atoms with Gasteiger partial charge in [-0.3, -0.25) is 9.48 Å². The van der Waals surface area contributed by atoms with Crippen LogP contribution in [0.2, 0.25) is 0 Å². The highest BCUT2D eigenvalue weighted by molar-refractivity contribution is 7.14. The topological polar surface area (TPSA) is 90.5 Å². The monoisotopic (exact) mass is 475 g/mol. The van der Waals surface area contributed by atoms with Crippen molar-refractivity contribution >= 4 is 33.4 Å². The Morgan fingerprint density at radius 2 is 1.91 bits per heavy atom. The Balaban J connectivity index is 1.37. The van der Waals surface area contributed by atoms with Crippen LogP contribution >= 0.6 is 11.3 Å². The van der Waals surface area contributed by atoms with Gasteiger partial charge in [-0.25, -0.2) is 19.0 Å². The maximum atomic E-state index is 13.4. The molecular formula is C24H22FN7OS. The minimum Gasteiger partial charge on any atom is -0.300 e. The number of hydrogen-bond donors (Lipinski definition) is 1. The number of rotatable bonds is 6. The number of anilines is 1. The Kier molecular flexibility index (Phi) is 5.66. The van der Waals surface area contributed by atoms with Gasteiger partial charge < -0.3 is 5.32 Å². The van der Waals surface area contributed by atoms with E-state index in [1.54, 1.807) is 29.2 Å². The normalized spacial score (nSPS) is 11.3. The minimum absolute atomic E-state index is 0.00802. The highest BCUT2D eigenvalue weighted by Crippen LogP contribution is 2.30. The molecule has 1 N–H and O–H groups in total. The summed E-state index contributed by atoms with van der Waals surface area (Å²) in [6.45, 7) is 6.69. The van der Waals surface area contributed by atoms with Crippen molar-refractivity contribution in [2.75, 3.05) is 5.32 Å². The van der Waals surface area contributed by atoms with Crippen LogP contribution < -0.4 is 5.32 Å². The Labute approximate surface area is 199 Å². The smallest absolute Gasteiger partial charge is 0.247 e. The van der Waals surface area contributed by atoms with Crippen molar-refractivity contribution in [1.29, 1.82) is 0 Å². The number of halogens is 1. The first-order chi connectivity index (χ1) is 16.4. The molecule has 4 aromatic heterocycles. The van der Waals surface area contributed by atoms with E-state index in [4.69, 9.17) is 0 Å². The number of benzene rings is 1. The largest absolute Gasteiger partial charge is 0.300 e. The van der Waals surface area contributed by atoms with Gasteiger partial charge in [0.05, 0.1) is 17.6 Å². The lowest BCUT2D eigenvalue weighted by Gasteiger charge is -2.06. The molecule has 1 aromatic carbocycles. The van der Waals surface area contributed by atoms with Crippen LogP contribution in [0.25, 0.3) is 33.4 Å². The van der Waals surface area contributed by atoms with Gasteiger partial charge in [0.25, 0.3) is 0 Å². The van der Waals surface area contributed by atoms with Gasteiger partial charge in [-0.1, -0.05) is 12.1 Å². The standard InChI is InChI=1S/C24H22FN7OS/c1-4-31-15(3)19(11-27-31)20-13-34-24(28-20)29-21(33)12-32-23-22(14(2)30-32)18(9-10-26-23)16-5-7-17(25)8-6-16/h5-11,13H,4,12H2,1-3H3,(H,28,29,33). The molecule has 0 fully saturated rings. The van der Waals surface area contributed by atoms with Gasteiger partial charge >= 0.3 is 0 Å². The van der Waals surface area contributed by atoms with Crippen LogP contribution in [0.1, 0.15) is 18.3 Å². The fourth-order valence-corrected chi connectivity index (χ4v) is 4.76. The second-order valence-corrected chi connectivity index (χ2v) is 8.71. The maximum absolute atomic E-state index is 13.4. The number of thiazole rings is 1. The Morgan fingerprint density at radius 3 is 2.65 bits per heavy atom. The van der Waals surface area contributed by atoms with E-state index in [9.17, 15) is 9.18 Å². The van der Waals surface area contributed by atoms with Gasteiger partial charge in [-0.2, -0.15) is 10.2 Å². The molecule has 0 aliphatic carbocycles. The van der Waals surface area contributed by atoms with Crippen LogP contribution in [-0.4, -0.2) is 35.4 Å². The number of aryl methyl sites for hydroxylation is 2. The second kappa shape index (κ2) is 8.79. The average molecular weight is 476 g/mol. The van der Waals surface area contributed by atoms with Crippen molar-refractivity contribution in [1.82, 2.24) is 29.5 Å². The lowest BCUT2D eigenvalue weighted by molar-refractivity contribution is -0.116. The summed E-state index contributed by atoms with van der Waals surface area (Å²) in [5, 5.41) is 15.0. The molecule has 172 valence electrons. The first-order valence-corrected chi connectivity index (χ1v) is 11.7. The number of aromatic nitrogens is 6. The summed E-state index contributed by atoms with van der Waals surface area (Å²) in [6, 6.07) is 8.16. The van der Waals surface area contributed by atoms with Crippen LogP contribution in [0.15, 0.2) is 48.1 Å². The van der Waals surface area contributed by atoms with Crippen molar-refractivity contribution in [3.05, 3.63) is 65.3 Å². The molecule has 0 aliphatic heterocycles. The van der Waals surface area contributed by atoms with Gasteiger partial charge in [0.15, 0.2) is 10.8 Å². The molecule has 34 heavy (non-hydrogen) atoms. The first-order valence-electron chi connectivity index (χ1n) is 10.8. The molecule has 0 bridgehead atoms. The summed E-state index contributed by atoms with van der Waals surface area (Å²) < 4.78 is 16.9. The molecule has 0 spiro atoms. The zero-order valence-electron chi connectivity index (χ0n) is 18.9. The van der Waals surface area contributed by atoms with Gasteiger partial charge in [-0.15, -0.1) is 11.3 Å². The van der Waals surface area contributed by atoms with Gasteiger partial charge in [0.2, 0.25) is 5.91 Å². The van der Waals surface area contributed by atoms with Crippen LogP contribution in [-0.2, 0) is 17.9 Å². The van der Waals surface area contributed by atoms with E-state index >= 15 is 0 Å². The van der Waals surface area contributed by atoms with Gasteiger partial charge in [0, 0.05) is 34.8 Å². The number of carbonyl (C=O) groups excluding carboxylic acids is 1. The molecule has 0 unspecified atom stereocenters. The van der Waals surface area contributed by atoms with E-state index in [1.807, 2.05) is 36.9 Å². The molecule has 0 saturated heterocycles. The van der Waals surface area contributed by atoms with Crippen LogP contribution in [0.3, 0.4) is 0 Å². The third-order valence-electron chi connectivity index (χ3n) is 5.69. The predicted octanol–water partition coefficient (Wildman–Crippen LogP) is 4.83. The Morgan fingerprint density at radius 1 is 1.12 bits per heavy atom. The lowest BCUT2D eigenvalue weighted by atomic mass is 10.0. The van der Waals surface area contributed by atoms with Gasteiger partial charge in [0.1, 0.15) is 12.4 Å². The molecular weight excluding hydrogens is 453 g/mol. The van der Waals surface area contributed by atoms with Crippen molar-refractivity contribution in [3.8, 4) is 22.4 Å². The van der Waals surface area contributed by atoms with E-state index in [0.29, 0.717) is 10.8 Å². The zero-order chi connectivity index (χ0) is 23.8. The molecule has 4 heterocycles.